The van der Waals surface area contributed by atoms with Crippen LogP contribution < -0.4 is 14.9 Å². The fourth-order valence-electron chi connectivity index (χ4n) is 2.55. The quantitative estimate of drug-likeness (QED) is 0.447. The molecule has 0 aliphatic carbocycles. The van der Waals surface area contributed by atoms with Gasteiger partial charge in [-0.15, -0.1) is 0 Å². The second-order valence-electron chi connectivity index (χ2n) is 6.01. The Balaban J connectivity index is 1.67. The molecule has 0 bridgehead atoms. The van der Waals surface area contributed by atoms with E-state index in [1.165, 1.54) is 19.4 Å². The maximum absolute atomic E-state index is 12.5. The second kappa shape index (κ2) is 9.61. The highest BCUT2D eigenvalue weighted by Crippen LogP contribution is 2.25. The Morgan fingerprint density at radius 1 is 1.10 bits per heavy atom. The van der Waals surface area contributed by atoms with Crippen LogP contribution in [-0.2, 0) is 6.61 Å². The number of carbonyl (C=O) groups is 1. The van der Waals surface area contributed by atoms with Crippen molar-refractivity contribution in [1.82, 2.24) is 5.43 Å². The van der Waals surface area contributed by atoms with Crippen molar-refractivity contribution < 1.29 is 19.4 Å². The van der Waals surface area contributed by atoms with Gasteiger partial charge in [-0.2, -0.15) is 5.10 Å². The van der Waals surface area contributed by atoms with Gasteiger partial charge in [0.2, 0.25) is 0 Å². The van der Waals surface area contributed by atoms with Crippen LogP contribution >= 0.6 is 11.6 Å². The maximum atomic E-state index is 12.5. The number of aromatic hydroxyl groups is 1. The summed E-state index contributed by atoms with van der Waals surface area (Å²) in [7, 11) is 1.46. The van der Waals surface area contributed by atoms with Gasteiger partial charge in [-0.3, -0.25) is 4.79 Å². The number of amides is 1. The number of phenols is 1. The summed E-state index contributed by atoms with van der Waals surface area (Å²) in [5.74, 6) is 0.352. The first-order valence-electron chi connectivity index (χ1n) is 8.74. The Hall–Kier alpha value is -3.51. The highest BCUT2D eigenvalue weighted by atomic mass is 35.5. The predicted molar refractivity (Wildman–Crippen MR) is 112 cm³/mol. The lowest BCUT2D eigenvalue weighted by molar-refractivity contribution is 0.0950. The van der Waals surface area contributed by atoms with Crippen LogP contribution in [0.15, 0.2) is 71.8 Å². The van der Waals surface area contributed by atoms with Gasteiger partial charge in [0.05, 0.1) is 18.9 Å². The highest BCUT2D eigenvalue weighted by molar-refractivity contribution is 6.31. The minimum atomic E-state index is -0.415. The zero-order valence-corrected chi connectivity index (χ0v) is 16.4. The molecule has 2 N–H and O–H groups in total. The van der Waals surface area contributed by atoms with E-state index in [4.69, 9.17) is 21.1 Å². The molecule has 0 atom stereocenters. The number of nitrogens with zero attached hydrogens (tertiary/aromatic N) is 1. The van der Waals surface area contributed by atoms with E-state index in [0.717, 1.165) is 5.56 Å². The van der Waals surface area contributed by atoms with E-state index in [0.29, 0.717) is 27.6 Å². The molecule has 0 aromatic heterocycles. The lowest BCUT2D eigenvalue weighted by atomic mass is 10.2. The first-order valence-corrected chi connectivity index (χ1v) is 9.12. The molecule has 0 aliphatic heterocycles. The summed E-state index contributed by atoms with van der Waals surface area (Å²) in [6.07, 6.45) is 1.45. The molecule has 3 rings (SSSR count). The number of nitrogens with one attached hydrogen (secondary N) is 1. The molecule has 29 heavy (non-hydrogen) atoms. The average Bonchev–Trinajstić information content (AvgIpc) is 2.74. The van der Waals surface area contributed by atoms with Crippen molar-refractivity contribution >= 4 is 23.7 Å². The molecule has 3 aromatic rings. The van der Waals surface area contributed by atoms with Crippen LogP contribution in [0, 0.1) is 0 Å². The number of rotatable bonds is 7. The third kappa shape index (κ3) is 5.27. The third-order valence-corrected chi connectivity index (χ3v) is 4.42. The van der Waals surface area contributed by atoms with Gasteiger partial charge in [0.15, 0.2) is 11.5 Å². The number of hydrogen-bond donors (Lipinski definition) is 2. The van der Waals surface area contributed by atoms with E-state index in [1.54, 1.807) is 42.5 Å². The minimum absolute atomic E-state index is 0.0262. The van der Waals surface area contributed by atoms with Crippen LogP contribution in [0.3, 0.4) is 0 Å². The van der Waals surface area contributed by atoms with Crippen LogP contribution in [0.25, 0.3) is 0 Å². The molecule has 0 fully saturated rings. The van der Waals surface area contributed by atoms with Crippen LogP contribution in [0.2, 0.25) is 5.02 Å². The van der Waals surface area contributed by atoms with Crippen molar-refractivity contribution in [2.24, 2.45) is 5.10 Å². The van der Waals surface area contributed by atoms with Crippen molar-refractivity contribution in [1.29, 1.82) is 0 Å². The number of halogens is 1. The van der Waals surface area contributed by atoms with Crippen LogP contribution in [0.4, 0.5) is 0 Å². The number of hydrazone groups is 1. The summed E-state index contributed by atoms with van der Waals surface area (Å²) in [6.45, 7) is 0.237. The van der Waals surface area contributed by atoms with E-state index >= 15 is 0 Å². The Morgan fingerprint density at radius 3 is 2.66 bits per heavy atom. The summed E-state index contributed by atoms with van der Waals surface area (Å²) >= 11 is 6.15. The van der Waals surface area contributed by atoms with E-state index < -0.39 is 5.91 Å². The fraction of sp³-hybridized carbons (Fsp3) is 0.0909. The lowest BCUT2D eigenvalue weighted by Gasteiger charge is -2.11. The summed E-state index contributed by atoms with van der Waals surface area (Å²) in [6, 6.07) is 19.0. The largest absolute Gasteiger partial charge is 0.504 e. The van der Waals surface area contributed by atoms with Gasteiger partial charge in [0.1, 0.15) is 12.4 Å². The van der Waals surface area contributed by atoms with E-state index in [1.807, 2.05) is 18.2 Å². The van der Waals surface area contributed by atoms with E-state index in [-0.39, 0.29) is 12.4 Å². The fourth-order valence-corrected chi connectivity index (χ4v) is 2.74. The second-order valence-corrected chi connectivity index (χ2v) is 6.41. The molecule has 7 heteroatoms. The molecule has 0 spiro atoms. The van der Waals surface area contributed by atoms with Gasteiger partial charge in [-0.1, -0.05) is 41.9 Å². The Bertz CT molecular complexity index is 1040. The molecule has 0 saturated carbocycles. The molecule has 0 saturated heterocycles. The Labute approximate surface area is 173 Å². The minimum Gasteiger partial charge on any atom is -0.504 e. The molecular weight excluding hydrogens is 392 g/mol. The zero-order valence-electron chi connectivity index (χ0n) is 15.6. The topological polar surface area (TPSA) is 80.2 Å². The Kier molecular flexibility index (Phi) is 6.71. The monoisotopic (exact) mass is 410 g/mol. The van der Waals surface area contributed by atoms with E-state index in [2.05, 4.69) is 10.5 Å². The smallest absolute Gasteiger partial charge is 0.275 e. The Morgan fingerprint density at radius 2 is 1.86 bits per heavy atom. The number of ether oxygens (including phenoxy) is 2. The number of hydrogen-bond acceptors (Lipinski definition) is 5. The lowest BCUT2D eigenvalue weighted by Crippen LogP contribution is -2.18. The predicted octanol–water partition coefficient (Wildman–Crippen LogP) is 4.40. The van der Waals surface area contributed by atoms with Crippen LogP contribution in [-0.4, -0.2) is 24.3 Å². The number of carbonyl (C=O) groups excluding carboxylic acids is 1. The van der Waals surface area contributed by atoms with Gasteiger partial charge in [0, 0.05) is 10.6 Å². The zero-order chi connectivity index (χ0) is 20.6. The van der Waals surface area contributed by atoms with Crippen LogP contribution in [0.1, 0.15) is 21.5 Å². The van der Waals surface area contributed by atoms with Gasteiger partial charge in [-0.25, -0.2) is 5.43 Å². The molecule has 0 radical (unpaired) electrons. The molecule has 6 nitrogen and oxygen atoms in total. The molecule has 0 aliphatic rings. The summed E-state index contributed by atoms with van der Waals surface area (Å²) in [5.41, 5.74) is 4.30. The first-order chi connectivity index (χ1) is 14.1. The molecule has 3 aromatic carbocycles. The van der Waals surface area contributed by atoms with Gasteiger partial charge in [-0.05, 0) is 42.0 Å². The normalized spacial score (nSPS) is 10.7. The average molecular weight is 411 g/mol. The van der Waals surface area contributed by atoms with Gasteiger partial charge in [0.25, 0.3) is 5.91 Å². The standard InChI is InChI=1S/C22H19ClN2O4/c1-28-21-12-15(10-11-19(21)26)13-24-25-22(27)17-7-3-5-9-20(17)29-14-16-6-2-4-8-18(16)23/h2-13,26H,14H2,1H3,(H,25,27)/b24-13+. The number of para-hydroxylation sites is 1. The first kappa shape index (κ1) is 20.2. The maximum Gasteiger partial charge on any atom is 0.275 e. The molecule has 148 valence electrons. The van der Waals surface area contributed by atoms with Gasteiger partial charge >= 0.3 is 0 Å². The number of methoxy groups -OCH3 is 1. The van der Waals surface area contributed by atoms with Crippen molar-refractivity contribution in [3.8, 4) is 17.2 Å². The SMILES string of the molecule is COc1cc(/C=N/NC(=O)c2ccccc2OCc2ccccc2Cl)ccc1O. The van der Waals surface area contributed by atoms with Crippen molar-refractivity contribution in [2.75, 3.05) is 7.11 Å². The molecular formula is C22H19ClN2O4. The third-order valence-electron chi connectivity index (χ3n) is 4.06. The van der Waals surface area contributed by atoms with Crippen LogP contribution in [0.5, 0.6) is 17.2 Å². The van der Waals surface area contributed by atoms with Crippen molar-refractivity contribution in [3.05, 3.63) is 88.4 Å². The summed E-state index contributed by atoms with van der Waals surface area (Å²) in [4.78, 5) is 12.5. The highest BCUT2D eigenvalue weighted by Gasteiger charge is 2.12. The molecule has 1 amide bonds. The number of benzene rings is 3. The van der Waals surface area contributed by atoms with E-state index in [9.17, 15) is 9.90 Å². The summed E-state index contributed by atoms with van der Waals surface area (Å²) < 4.78 is 10.8. The van der Waals surface area contributed by atoms with Gasteiger partial charge < -0.3 is 14.6 Å². The number of phenolic OH excluding ortho intramolecular Hbond substituents is 1. The molecule has 0 unspecified atom stereocenters. The van der Waals surface area contributed by atoms with Crippen molar-refractivity contribution in [2.45, 2.75) is 6.61 Å². The molecule has 0 heterocycles. The summed E-state index contributed by atoms with van der Waals surface area (Å²) in [5, 5.41) is 14.2. The van der Waals surface area contributed by atoms with Crippen molar-refractivity contribution in [3.63, 3.8) is 0 Å².